The Morgan fingerprint density at radius 1 is 1.45 bits per heavy atom. The van der Waals surface area contributed by atoms with Gasteiger partial charge in [-0.1, -0.05) is 18.4 Å². The molecule has 4 nitrogen and oxygen atoms in total. The zero-order valence-electron chi connectivity index (χ0n) is 13.3. The lowest BCUT2D eigenvalue weighted by molar-refractivity contribution is -0.142. The molecule has 0 aromatic carbocycles. The molecule has 1 aliphatic heterocycles. The van der Waals surface area contributed by atoms with E-state index in [1.165, 1.54) is 18.4 Å². The fourth-order valence-electron chi connectivity index (χ4n) is 2.77. The Morgan fingerprint density at radius 3 is 3.14 bits per heavy atom. The van der Waals surface area contributed by atoms with Gasteiger partial charge in [0, 0.05) is 24.9 Å². The molecule has 1 saturated heterocycles. The van der Waals surface area contributed by atoms with Gasteiger partial charge < -0.3 is 4.74 Å². The van der Waals surface area contributed by atoms with Crippen LogP contribution in [0.1, 0.15) is 50.6 Å². The summed E-state index contributed by atoms with van der Waals surface area (Å²) in [6, 6.07) is 4.55. The smallest absolute Gasteiger partial charge is 0.306 e. The van der Waals surface area contributed by atoms with E-state index in [9.17, 15) is 4.79 Å². The normalized spacial score (nSPS) is 18.3. The second-order valence-corrected chi connectivity index (χ2v) is 5.43. The SMILES string of the molecule is CCOC(=O)CCC#CCN1CCCCC1c1cccnc1. The summed E-state index contributed by atoms with van der Waals surface area (Å²) in [5.41, 5.74) is 1.27. The molecule has 2 heterocycles. The van der Waals surface area contributed by atoms with E-state index in [2.05, 4.69) is 27.8 Å². The largest absolute Gasteiger partial charge is 0.466 e. The van der Waals surface area contributed by atoms with E-state index < -0.39 is 0 Å². The predicted octanol–water partition coefficient (Wildman–Crippen LogP) is 2.96. The summed E-state index contributed by atoms with van der Waals surface area (Å²) in [6.45, 7) is 4.08. The molecule has 1 aromatic rings. The highest BCUT2D eigenvalue weighted by Crippen LogP contribution is 2.29. The van der Waals surface area contributed by atoms with Crippen molar-refractivity contribution in [2.45, 2.75) is 45.1 Å². The number of carbonyl (C=O) groups is 1. The summed E-state index contributed by atoms with van der Waals surface area (Å²) < 4.78 is 4.89. The van der Waals surface area contributed by atoms with Crippen molar-refractivity contribution in [1.82, 2.24) is 9.88 Å². The maximum Gasteiger partial charge on any atom is 0.306 e. The molecular formula is C18H24N2O2. The van der Waals surface area contributed by atoms with Gasteiger partial charge in [0.25, 0.3) is 0 Å². The average molecular weight is 300 g/mol. The Hall–Kier alpha value is -1.86. The molecule has 0 spiro atoms. The first kappa shape index (κ1) is 16.5. The van der Waals surface area contributed by atoms with E-state index in [4.69, 9.17) is 4.74 Å². The van der Waals surface area contributed by atoms with Crippen molar-refractivity contribution in [2.75, 3.05) is 19.7 Å². The zero-order valence-corrected chi connectivity index (χ0v) is 13.3. The van der Waals surface area contributed by atoms with Crippen LogP contribution in [0, 0.1) is 11.8 Å². The first-order valence-corrected chi connectivity index (χ1v) is 8.06. The Balaban J connectivity index is 1.84. The first-order chi connectivity index (χ1) is 10.8. The summed E-state index contributed by atoms with van der Waals surface area (Å²) in [6.07, 6.45) is 8.37. The molecule has 0 saturated carbocycles. The van der Waals surface area contributed by atoms with Gasteiger partial charge in [-0.25, -0.2) is 0 Å². The Kier molecular flexibility index (Phi) is 6.92. The number of pyridine rings is 1. The highest BCUT2D eigenvalue weighted by Gasteiger charge is 2.22. The number of esters is 1. The Morgan fingerprint density at radius 2 is 2.36 bits per heavy atom. The van der Waals surface area contributed by atoms with E-state index in [1.807, 2.05) is 25.4 Å². The van der Waals surface area contributed by atoms with Crippen molar-refractivity contribution in [1.29, 1.82) is 0 Å². The fraction of sp³-hybridized carbons (Fsp3) is 0.556. The second kappa shape index (κ2) is 9.22. The van der Waals surface area contributed by atoms with Gasteiger partial charge in [0.05, 0.1) is 19.6 Å². The molecule has 118 valence electrons. The molecule has 2 rings (SSSR count). The van der Waals surface area contributed by atoms with Gasteiger partial charge in [-0.05, 0) is 37.9 Å². The number of hydrogen-bond acceptors (Lipinski definition) is 4. The van der Waals surface area contributed by atoms with Gasteiger partial charge in [-0.15, -0.1) is 5.92 Å². The third-order valence-electron chi connectivity index (χ3n) is 3.85. The van der Waals surface area contributed by atoms with Crippen molar-refractivity contribution >= 4 is 5.97 Å². The number of hydrogen-bond donors (Lipinski definition) is 0. The lowest BCUT2D eigenvalue weighted by Crippen LogP contribution is -2.33. The summed E-state index contributed by atoms with van der Waals surface area (Å²) in [7, 11) is 0. The molecule has 4 heteroatoms. The molecule has 1 aliphatic rings. The molecule has 1 atom stereocenters. The van der Waals surface area contributed by atoms with E-state index in [-0.39, 0.29) is 5.97 Å². The van der Waals surface area contributed by atoms with Crippen LogP contribution < -0.4 is 0 Å². The third kappa shape index (κ3) is 5.16. The second-order valence-electron chi connectivity index (χ2n) is 5.43. The number of likely N-dealkylation sites (tertiary alicyclic amines) is 1. The van der Waals surface area contributed by atoms with Crippen molar-refractivity contribution < 1.29 is 9.53 Å². The molecule has 1 aromatic heterocycles. The van der Waals surface area contributed by atoms with Crippen LogP contribution in [0.4, 0.5) is 0 Å². The Bertz CT molecular complexity index is 519. The quantitative estimate of drug-likeness (QED) is 0.619. The monoisotopic (exact) mass is 300 g/mol. The maximum absolute atomic E-state index is 11.2. The van der Waals surface area contributed by atoms with Crippen LogP contribution >= 0.6 is 0 Å². The maximum atomic E-state index is 11.2. The number of ether oxygens (including phenoxy) is 1. The van der Waals surface area contributed by atoms with Gasteiger partial charge in [-0.2, -0.15) is 0 Å². The first-order valence-electron chi connectivity index (χ1n) is 8.06. The standard InChI is InChI=1S/C18H24N2O2/c1-2-22-18(21)11-4-3-6-13-20-14-7-5-10-17(20)16-9-8-12-19-15-16/h8-9,12,15,17H,2,4-5,7,10-11,13-14H2,1H3. The fourth-order valence-corrected chi connectivity index (χ4v) is 2.77. The summed E-state index contributed by atoms with van der Waals surface area (Å²) >= 11 is 0. The van der Waals surface area contributed by atoms with Crippen molar-refractivity contribution in [3.05, 3.63) is 30.1 Å². The summed E-state index contributed by atoms with van der Waals surface area (Å²) in [5, 5.41) is 0. The van der Waals surface area contributed by atoms with Crippen LogP contribution in [0.25, 0.3) is 0 Å². The van der Waals surface area contributed by atoms with Crippen LogP contribution in [-0.2, 0) is 9.53 Å². The van der Waals surface area contributed by atoms with Gasteiger partial charge >= 0.3 is 5.97 Å². The minimum Gasteiger partial charge on any atom is -0.466 e. The average Bonchev–Trinajstić information content (AvgIpc) is 2.56. The van der Waals surface area contributed by atoms with Gasteiger partial charge in [0.1, 0.15) is 0 Å². The van der Waals surface area contributed by atoms with Crippen LogP contribution in [0.2, 0.25) is 0 Å². The van der Waals surface area contributed by atoms with E-state index in [0.29, 0.717) is 25.5 Å². The van der Waals surface area contributed by atoms with Crippen LogP contribution in [0.15, 0.2) is 24.5 Å². The molecule has 0 aliphatic carbocycles. The van der Waals surface area contributed by atoms with Gasteiger partial charge in [0.15, 0.2) is 0 Å². The topological polar surface area (TPSA) is 42.4 Å². The predicted molar refractivity (Wildman–Crippen MR) is 86.0 cm³/mol. The highest BCUT2D eigenvalue weighted by atomic mass is 16.5. The van der Waals surface area contributed by atoms with Crippen molar-refractivity contribution in [3.63, 3.8) is 0 Å². The molecular weight excluding hydrogens is 276 g/mol. The number of nitrogens with zero attached hydrogens (tertiary/aromatic N) is 2. The van der Waals surface area contributed by atoms with E-state index in [0.717, 1.165) is 19.5 Å². The van der Waals surface area contributed by atoms with Crippen LogP contribution in [0.3, 0.4) is 0 Å². The Labute approximate surface area is 132 Å². The summed E-state index contributed by atoms with van der Waals surface area (Å²) in [5.74, 6) is 6.12. The molecule has 1 fully saturated rings. The van der Waals surface area contributed by atoms with E-state index >= 15 is 0 Å². The lowest BCUT2D eigenvalue weighted by atomic mass is 9.96. The highest BCUT2D eigenvalue weighted by molar-refractivity contribution is 5.69. The molecule has 0 bridgehead atoms. The van der Waals surface area contributed by atoms with Crippen molar-refractivity contribution in [2.24, 2.45) is 0 Å². The zero-order chi connectivity index (χ0) is 15.6. The number of carbonyl (C=O) groups excluding carboxylic acids is 1. The number of aromatic nitrogens is 1. The van der Waals surface area contributed by atoms with Crippen molar-refractivity contribution in [3.8, 4) is 11.8 Å². The molecule has 1 unspecified atom stereocenters. The van der Waals surface area contributed by atoms with E-state index in [1.54, 1.807) is 0 Å². The molecule has 0 amide bonds. The minimum absolute atomic E-state index is 0.164. The molecule has 22 heavy (non-hydrogen) atoms. The van der Waals surface area contributed by atoms with Gasteiger partial charge in [0.2, 0.25) is 0 Å². The number of piperidine rings is 1. The third-order valence-corrected chi connectivity index (χ3v) is 3.85. The van der Waals surface area contributed by atoms with Crippen LogP contribution in [0.5, 0.6) is 0 Å². The molecule has 0 N–H and O–H groups in total. The van der Waals surface area contributed by atoms with Gasteiger partial charge in [-0.3, -0.25) is 14.7 Å². The summed E-state index contributed by atoms with van der Waals surface area (Å²) in [4.78, 5) is 17.9. The van der Waals surface area contributed by atoms with Crippen LogP contribution in [-0.4, -0.2) is 35.5 Å². The minimum atomic E-state index is -0.164. The molecule has 0 radical (unpaired) electrons. The lowest BCUT2D eigenvalue weighted by Gasteiger charge is -2.34. The number of rotatable bonds is 5.